The molecule has 24 heavy (non-hydrogen) atoms. The molecule has 1 N–H and O–H groups in total. The van der Waals surface area contributed by atoms with E-state index >= 15 is 0 Å². The average molecular weight is 320 g/mol. The van der Waals surface area contributed by atoms with Gasteiger partial charge in [-0.05, 0) is 49.1 Å². The van der Waals surface area contributed by atoms with Gasteiger partial charge in [-0.3, -0.25) is 9.59 Å². The second-order valence-electron chi connectivity index (χ2n) is 6.00. The van der Waals surface area contributed by atoms with Crippen LogP contribution in [0, 0.1) is 6.92 Å². The van der Waals surface area contributed by atoms with E-state index in [1.165, 1.54) is 0 Å². The SMILES string of the molecule is Cc1ccc2[nH]c(=O)c(CCC(=O)N(C)c3ccccc3)cc2c1. The van der Waals surface area contributed by atoms with E-state index in [2.05, 4.69) is 4.98 Å². The molecule has 122 valence electrons. The van der Waals surface area contributed by atoms with Crippen LogP contribution >= 0.6 is 0 Å². The van der Waals surface area contributed by atoms with Crippen LogP contribution in [-0.2, 0) is 11.2 Å². The maximum atomic E-state index is 12.4. The van der Waals surface area contributed by atoms with Gasteiger partial charge in [0.05, 0.1) is 0 Å². The molecule has 1 aromatic heterocycles. The van der Waals surface area contributed by atoms with Crippen LogP contribution in [0.1, 0.15) is 17.5 Å². The fourth-order valence-electron chi connectivity index (χ4n) is 2.76. The van der Waals surface area contributed by atoms with Crippen molar-refractivity contribution in [3.63, 3.8) is 0 Å². The van der Waals surface area contributed by atoms with Crippen molar-refractivity contribution in [3.8, 4) is 0 Å². The molecule has 0 aliphatic rings. The molecule has 1 amide bonds. The van der Waals surface area contributed by atoms with E-state index in [9.17, 15) is 9.59 Å². The standard InChI is InChI=1S/C20H20N2O2/c1-14-8-10-18-16(12-14)13-15(20(24)21-18)9-11-19(23)22(2)17-6-4-3-5-7-17/h3-8,10,12-13H,9,11H2,1-2H3,(H,21,24). The quantitative estimate of drug-likeness (QED) is 0.800. The fourth-order valence-corrected chi connectivity index (χ4v) is 2.76. The van der Waals surface area contributed by atoms with E-state index in [-0.39, 0.29) is 11.5 Å². The molecule has 0 aliphatic heterocycles. The minimum atomic E-state index is -0.124. The Morgan fingerprint density at radius 2 is 1.83 bits per heavy atom. The molecular formula is C20H20N2O2. The molecule has 0 atom stereocenters. The lowest BCUT2D eigenvalue weighted by Gasteiger charge is -2.17. The first-order valence-electron chi connectivity index (χ1n) is 7.99. The number of aromatic amines is 1. The Morgan fingerprint density at radius 3 is 2.58 bits per heavy atom. The molecule has 0 aliphatic carbocycles. The van der Waals surface area contributed by atoms with E-state index in [1.807, 2.05) is 61.5 Å². The number of benzene rings is 2. The molecule has 0 bridgehead atoms. The van der Waals surface area contributed by atoms with Crippen molar-refractivity contribution >= 4 is 22.5 Å². The molecule has 4 nitrogen and oxygen atoms in total. The number of para-hydroxylation sites is 1. The van der Waals surface area contributed by atoms with Gasteiger partial charge in [0.25, 0.3) is 5.56 Å². The summed E-state index contributed by atoms with van der Waals surface area (Å²) in [6.07, 6.45) is 0.723. The third-order valence-corrected chi connectivity index (χ3v) is 4.20. The number of hydrogen-bond donors (Lipinski definition) is 1. The van der Waals surface area contributed by atoms with Gasteiger partial charge in [0.2, 0.25) is 5.91 Å². The number of nitrogens with zero attached hydrogens (tertiary/aromatic N) is 1. The number of anilines is 1. The van der Waals surface area contributed by atoms with Crippen molar-refractivity contribution in [1.29, 1.82) is 0 Å². The summed E-state index contributed by atoms with van der Waals surface area (Å²) >= 11 is 0. The maximum Gasteiger partial charge on any atom is 0.251 e. The molecule has 1 heterocycles. The van der Waals surface area contributed by atoms with E-state index in [0.29, 0.717) is 18.4 Å². The average Bonchev–Trinajstić information content (AvgIpc) is 2.60. The first-order chi connectivity index (χ1) is 11.5. The highest BCUT2D eigenvalue weighted by Crippen LogP contribution is 2.15. The van der Waals surface area contributed by atoms with Crippen LogP contribution < -0.4 is 10.5 Å². The van der Waals surface area contributed by atoms with Gasteiger partial charge in [-0.25, -0.2) is 0 Å². The molecule has 0 fully saturated rings. The van der Waals surface area contributed by atoms with Crippen molar-refractivity contribution < 1.29 is 4.79 Å². The summed E-state index contributed by atoms with van der Waals surface area (Å²) in [5.41, 5.74) is 3.33. The summed E-state index contributed by atoms with van der Waals surface area (Å²) < 4.78 is 0. The van der Waals surface area contributed by atoms with Crippen LogP contribution in [-0.4, -0.2) is 17.9 Å². The zero-order valence-corrected chi connectivity index (χ0v) is 13.9. The van der Waals surface area contributed by atoms with Crippen molar-refractivity contribution in [3.05, 3.63) is 76.1 Å². The molecule has 4 heteroatoms. The fraction of sp³-hybridized carbons (Fsp3) is 0.200. The third kappa shape index (κ3) is 3.38. The van der Waals surface area contributed by atoms with Gasteiger partial charge in [-0.2, -0.15) is 0 Å². The lowest BCUT2D eigenvalue weighted by Crippen LogP contribution is -2.27. The molecule has 0 saturated carbocycles. The van der Waals surface area contributed by atoms with Crippen LogP contribution in [0.5, 0.6) is 0 Å². The van der Waals surface area contributed by atoms with Gasteiger partial charge in [0, 0.05) is 30.2 Å². The number of aryl methyl sites for hydroxylation is 2. The van der Waals surface area contributed by atoms with Crippen molar-refractivity contribution in [1.82, 2.24) is 4.98 Å². The number of carbonyl (C=O) groups is 1. The van der Waals surface area contributed by atoms with E-state index in [1.54, 1.807) is 11.9 Å². The Morgan fingerprint density at radius 1 is 1.08 bits per heavy atom. The highest BCUT2D eigenvalue weighted by atomic mass is 16.2. The normalized spacial score (nSPS) is 10.8. The Kier molecular flexibility index (Phi) is 4.47. The summed E-state index contributed by atoms with van der Waals surface area (Å²) in [6, 6.07) is 17.3. The molecule has 0 spiro atoms. The van der Waals surface area contributed by atoms with Crippen LogP contribution in [0.2, 0.25) is 0 Å². The number of amides is 1. The van der Waals surface area contributed by atoms with Crippen molar-refractivity contribution in [2.75, 3.05) is 11.9 Å². The minimum Gasteiger partial charge on any atom is -0.322 e. The Balaban J connectivity index is 1.76. The van der Waals surface area contributed by atoms with Crippen LogP contribution in [0.4, 0.5) is 5.69 Å². The van der Waals surface area contributed by atoms with Gasteiger partial charge in [0.1, 0.15) is 0 Å². The molecule has 3 rings (SSSR count). The molecular weight excluding hydrogens is 300 g/mol. The second kappa shape index (κ2) is 6.71. The molecule has 2 aromatic carbocycles. The number of carbonyl (C=O) groups excluding carboxylic acids is 1. The number of pyridine rings is 1. The largest absolute Gasteiger partial charge is 0.322 e. The molecule has 0 unspecified atom stereocenters. The van der Waals surface area contributed by atoms with E-state index < -0.39 is 0 Å². The summed E-state index contributed by atoms with van der Waals surface area (Å²) in [6.45, 7) is 2.02. The van der Waals surface area contributed by atoms with Gasteiger partial charge in [0.15, 0.2) is 0 Å². The van der Waals surface area contributed by atoms with Gasteiger partial charge < -0.3 is 9.88 Å². The van der Waals surface area contributed by atoms with Crippen molar-refractivity contribution in [2.24, 2.45) is 0 Å². The monoisotopic (exact) mass is 320 g/mol. The smallest absolute Gasteiger partial charge is 0.251 e. The summed E-state index contributed by atoms with van der Waals surface area (Å²) in [5.74, 6) is -0.00932. The first-order valence-corrected chi connectivity index (χ1v) is 7.99. The number of rotatable bonds is 4. The number of H-pyrrole nitrogens is 1. The predicted octanol–water partition coefficient (Wildman–Crippen LogP) is 3.43. The predicted molar refractivity (Wildman–Crippen MR) is 97.5 cm³/mol. The zero-order valence-electron chi connectivity index (χ0n) is 13.9. The van der Waals surface area contributed by atoms with Crippen molar-refractivity contribution in [2.45, 2.75) is 19.8 Å². The summed E-state index contributed by atoms with van der Waals surface area (Å²) in [5, 5.41) is 0.994. The molecule has 3 aromatic rings. The van der Waals surface area contributed by atoms with Gasteiger partial charge >= 0.3 is 0 Å². The zero-order chi connectivity index (χ0) is 17.1. The number of nitrogens with one attached hydrogen (secondary N) is 1. The summed E-state index contributed by atoms with van der Waals surface area (Å²) in [4.78, 5) is 29.1. The summed E-state index contributed by atoms with van der Waals surface area (Å²) in [7, 11) is 1.76. The number of hydrogen-bond acceptors (Lipinski definition) is 2. The maximum absolute atomic E-state index is 12.4. The van der Waals surface area contributed by atoms with Crippen LogP contribution in [0.15, 0.2) is 59.4 Å². The molecule has 0 saturated heterocycles. The second-order valence-corrected chi connectivity index (χ2v) is 6.00. The lowest BCUT2D eigenvalue weighted by molar-refractivity contribution is -0.118. The van der Waals surface area contributed by atoms with Gasteiger partial charge in [-0.15, -0.1) is 0 Å². The van der Waals surface area contributed by atoms with E-state index in [4.69, 9.17) is 0 Å². The van der Waals surface area contributed by atoms with Crippen LogP contribution in [0.25, 0.3) is 10.9 Å². The Bertz CT molecular complexity index is 929. The van der Waals surface area contributed by atoms with E-state index in [0.717, 1.165) is 22.2 Å². The Labute approximate surface area is 140 Å². The number of aromatic nitrogens is 1. The lowest BCUT2D eigenvalue weighted by atomic mass is 10.1. The Hall–Kier alpha value is -2.88. The minimum absolute atomic E-state index is 0.00932. The van der Waals surface area contributed by atoms with Crippen LogP contribution in [0.3, 0.4) is 0 Å². The topological polar surface area (TPSA) is 53.2 Å². The molecule has 0 radical (unpaired) electrons. The highest BCUT2D eigenvalue weighted by Gasteiger charge is 2.12. The highest BCUT2D eigenvalue weighted by molar-refractivity contribution is 5.92. The third-order valence-electron chi connectivity index (χ3n) is 4.20. The first kappa shape index (κ1) is 16.0. The van der Waals surface area contributed by atoms with Gasteiger partial charge in [-0.1, -0.05) is 29.8 Å². The number of fused-ring (bicyclic) bond motifs is 1.